The van der Waals surface area contributed by atoms with Crippen molar-refractivity contribution in [2.75, 3.05) is 20.3 Å². The number of methoxy groups -OCH3 is 1. The van der Waals surface area contributed by atoms with Crippen LogP contribution in [0.3, 0.4) is 0 Å². The van der Waals surface area contributed by atoms with E-state index < -0.39 is 36.2 Å². The normalized spacial score (nSPS) is 20.9. The zero-order chi connectivity index (χ0) is 25.1. The summed E-state index contributed by atoms with van der Waals surface area (Å²) in [5, 5.41) is 12.2. The fourth-order valence-electron chi connectivity index (χ4n) is 5.25. The summed E-state index contributed by atoms with van der Waals surface area (Å²) in [4.78, 5) is 39.4. The molecule has 1 saturated heterocycles. The zero-order valence-electron chi connectivity index (χ0n) is 20.3. The number of benzene rings is 2. The van der Waals surface area contributed by atoms with Gasteiger partial charge in [-0.2, -0.15) is 0 Å². The monoisotopic (exact) mass is 480 g/mol. The van der Waals surface area contributed by atoms with Gasteiger partial charge in [0.05, 0.1) is 12.0 Å². The number of fused-ring (bicyclic) bond motifs is 3. The minimum Gasteiger partial charge on any atom is -0.481 e. The predicted molar refractivity (Wildman–Crippen MR) is 130 cm³/mol. The molecule has 1 fully saturated rings. The van der Waals surface area contributed by atoms with Gasteiger partial charge in [-0.25, -0.2) is 4.79 Å². The Hall–Kier alpha value is -3.39. The molecule has 2 aromatic rings. The highest BCUT2D eigenvalue weighted by Gasteiger charge is 2.40. The summed E-state index contributed by atoms with van der Waals surface area (Å²) in [6, 6.07) is 14.6. The molecule has 0 unspecified atom stereocenters. The zero-order valence-corrected chi connectivity index (χ0v) is 20.3. The highest BCUT2D eigenvalue weighted by Crippen LogP contribution is 2.44. The Balaban J connectivity index is 1.45. The molecular formula is C27H32N2O6. The fourth-order valence-corrected chi connectivity index (χ4v) is 5.25. The van der Waals surface area contributed by atoms with E-state index in [1.54, 1.807) is 13.8 Å². The van der Waals surface area contributed by atoms with Crippen LogP contribution in [-0.4, -0.2) is 66.4 Å². The Labute approximate surface area is 205 Å². The Morgan fingerprint density at radius 1 is 1.09 bits per heavy atom. The number of likely N-dealkylation sites (tertiary alicyclic amines) is 1. The number of ether oxygens (including phenoxy) is 2. The summed E-state index contributed by atoms with van der Waals surface area (Å²) in [7, 11) is 1.46. The number of nitrogens with zero attached hydrogens (tertiary/aromatic N) is 1. The van der Waals surface area contributed by atoms with Crippen LogP contribution in [0.2, 0.25) is 0 Å². The number of amides is 2. The van der Waals surface area contributed by atoms with Crippen LogP contribution in [0.5, 0.6) is 0 Å². The standard InChI is InChI=1S/C27H32N2O6/c1-16-18(26(31)32)13-8-14-29(16)25(30)24(17(2)34-3)28-27(33)35-15-23-21-11-6-4-9-19(21)20-10-5-7-12-22(20)23/h4-7,9-12,16-18,23-24H,8,13-15H2,1-3H3,(H,28,33)(H,31,32)/t16-,17+,18-,24-/m0/s1. The van der Waals surface area contributed by atoms with E-state index in [0.717, 1.165) is 22.3 Å². The number of hydrogen-bond acceptors (Lipinski definition) is 5. The molecule has 4 rings (SSSR count). The topological polar surface area (TPSA) is 105 Å². The van der Waals surface area contributed by atoms with Crippen molar-refractivity contribution in [1.29, 1.82) is 0 Å². The number of carboxylic acid groups (broad SMARTS) is 1. The number of carbonyl (C=O) groups is 3. The largest absolute Gasteiger partial charge is 0.481 e. The van der Waals surface area contributed by atoms with E-state index in [-0.39, 0.29) is 18.4 Å². The van der Waals surface area contributed by atoms with E-state index in [1.165, 1.54) is 12.0 Å². The first kappa shape index (κ1) is 24.7. The minimum atomic E-state index is -0.995. The van der Waals surface area contributed by atoms with Crippen molar-refractivity contribution in [3.05, 3.63) is 59.7 Å². The van der Waals surface area contributed by atoms with E-state index in [9.17, 15) is 19.5 Å². The molecule has 2 aliphatic rings. The Morgan fingerprint density at radius 3 is 2.26 bits per heavy atom. The van der Waals surface area contributed by atoms with Gasteiger partial charge in [0.1, 0.15) is 12.6 Å². The van der Waals surface area contributed by atoms with Gasteiger partial charge < -0.3 is 24.8 Å². The van der Waals surface area contributed by atoms with Crippen molar-refractivity contribution in [1.82, 2.24) is 10.2 Å². The third kappa shape index (κ3) is 4.89. The maximum Gasteiger partial charge on any atom is 0.407 e. The van der Waals surface area contributed by atoms with Gasteiger partial charge in [-0.05, 0) is 48.9 Å². The van der Waals surface area contributed by atoms with Crippen LogP contribution in [0.4, 0.5) is 4.79 Å². The van der Waals surface area contributed by atoms with E-state index >= 15 is 0 Å². The molecule has 0 radical (unpaired) electrons. The first-order valence-electron chi connectivity index (χ1n) is 12.0. The first-order chi connectivity index (χ1) is 16.8. The van der Waals surface area contributed by atoms with Crippen LogP contribution in [0.1, 0.15) is 43.7 Å². The van der Waals surface area contributed by atoms with Crippen molar-refractivity contribution >= 4 is 18.0 Å². The van der Waals surface area contributed by atoms with Crippen molar-refractivity contribution in [3.63, 3.8) is 0 Å². The molecule has 0 aromatic heterocycles. The molecule has 4 atom stereocenters. The number of nitrogens with one attached hydrogen (secondary N) is 1. The smallest absolute Gasteiger partial charge is 0.407 e. The second-order valence-electron chi connectivity index (χ2n) is 9.25. The number of carbonyl (C=O) groups excluding carboxylic acids is 2. The van der Waals surface area contributed by atoms with E-state index in [2.05, 4.69) is 17.4 Å². The van der Waals surface area contributed by atoms with Gasteiger partial charge in [-0.3, -0.25) is 9.59 Å². The molecule has 8 nitrogen and oxygen atoms in total. The summed E-state index contributed by atoms with van der Waals surface area (Å²) in [5.41, 5.74) is 4.46. The summed E-state index contributed by atoms with van der Waals surface area (Å²) >= 11 is 0. The third-order valence-corrected chi connectivity index (χ3v) is 7.31. The van der Waals surface area contributed by atoms with Gasteiger partial charge in [0, 0.05) is 25.6 Å². The van der Waals surface area contributed by atoms with Crippen LogP contribution in [-0.2, 0) is 19.1 Å². The molecule has 2 aromatic carbocycles. The van der Waals surface area contributed by atoms with Gasteiger partial charge in [0.15, 0.2) is 0 Å². The average molecular weight is 481 g/mol. The van der Waals surface area contributed by atoms with E-state index in [0.29, 0.717) is 19.4 Å². The van der Waals surface area contributed by atoms with Gasteiger partial charge in [-0.15, -0.1) is 0 Å². The van der Waals surface area contributed by atoms with Gasteiger partial charge in [-0.1, -0.05) is 48.5 Å². The molecule has 1 aliphatic heterocycles. The lowest BCUT2D eigenvalue weighted by atomic mass is 9.89. The maximum absolute atomic E-state index is 13.4. The molecule has 1 heterocycles. The molecular weight excluding hydrogens is 448 g/mol. The van der Waals surface area contributed by atoms with E-state index in [1.807, 2.05) is 36.4 Å². The number of aliphatic carboxylic acids is 1. The van der Waals surface area contributed by atoms with Gasteiger partial charge >= 0.3 is 12.1 Å². The number of hydrogen-bond donors (Lipinski definition) is 2. The van der Waals surface area contributed by atoms with Gasteiger partial charge in [0.25, 0.3) is 0 Å². The van der Waals surface area contributed by atoms with Crippen LogP contribution in [0.25, 0.3) is 11.1 Å². The molecule has 0 saturated carbocycles. The lowest BCUT2D eigenvalue weighted by molar-refractivity contribution is -0.150. The summed E-state index contributed by atoms with van der Waals surface area (Å²) < 4.78 is 11.0. The molecule has 1 aliphatic carbocycles. The molecule has 35 heavy (non-hydrogen) atoms. The number of carboxylic acids is 1. The fraction of sp³-hybridized carbons (Fsp3) is 0.444. The van der Waals surface area contributed by atoms with E-state index in [4.69, 9.17) is 9.47 Å². The lowest BCUT2D eigenvalue weighted by Gasteiger charge is -2.40. The molecule has 186 valence electrons. The van der Waals surface area contributed by atoms with Gasteiger partial charge in [0.2, 0.25) is 5.91 Å². The molecule has 2 amide bonds. The highest BCUT2D eigenvalue weighted by molar-refractivity contribution is 5.87. The van der Waals surface area contributed by atoms with Crippen molar-refractivity contribution in [3.8, 4) is 11.1 Å². The lowest BCUT2D eigenvalue weighted by Crippen LogP contribution is -2.59. The summed E-state index contributed by atoms with van der Waals surface area (Å²) in [5.74, 6) is -2.02. The summed E-state index contributed by atoms with van der Waals surface area (Å²) in [6.45, 7) is 3.99. The number of rotatable bonds is 7. The van der Waals surface area contributed by atoms with Crippen LogP contribution < -0.4 is 5.32 Å². The second-order valence-corrected chi connectivity index (χ2v) is 9.25. The Kier molecular flexibility index (Phi) is 7.40. The van der Waals surface area contributed by atoms with Crippen LogP contribution in [0, 0.1) is 5.92 Å². The van der Waals surface area contributed by atoms with Crippen LogP contribution in [0.15, 0.2) is 48.5 Å². The number of alkyl carbamates (subject to hydrolysis) is 1. The quantitative estimate of drug-likeness (QED) is 0.627. The SMILES string of the molecule is CO[C@H](C)[C@H](NC(=O)OCC1c2ccccc2-c2ccccc21)C(=O)N1CCC[C@H](C(=O)O)[C@@H]1C. The maximum atomic E-state index is 13.4. The Bertz CT molecular complexity index is 1060. The van der Waals surface area contributed by atoms with Crippen molar-refractivity contribution < 1.29 is 29.0 Å². The highest BCUT2D eigenvalue weighted by atomic mass is 16.5. The molecule has 2 N–H and O–H groups in total. The van der Waals surface area contributed by atoms with Crippen molar-refractivity contribution in [2.45, 2.75) is 50.8 Å². The third-order valence-electron chi connectivity index (χ3n) is 7.31. The van der Waals surface area contributed by atoms with Crippen LogP contribution >= 0.6 is 0 Å². The summed E-state index contributed by atoms with van der Waals surface area (Å²) in [6.07, 6.45) is -0.231. The molecule has 8 heteroatoms. The second kappa shape index (κ2) is 10.5. The first-order valence-corrected chi connectivity index (χ1v) is 12.0. The van der Waals surface area contributed by atoms with Crippen molar-refractivity contribution in [2.24, 2.45) is 5.92 Å². The average Bonchev–Trinajstić information content (AvgIpc) is 3.19. The predicted octanol–water partition coefficient (Wildman–Crippen LogP) is 3.64. The number of piperidine rings is 1. The molecule has 0 bridgehead atoms. The Morgan fingerprint density at radius 2 is 1.69 bits per heavy atom. The minimum absolute atomic E-state index is 0.0967. The molecule has 0 spiro atoms.